The van der Waals surface area contributed by atoms with Crippen molar-refractivity contribution in [2.75, 3.05) is 7.11 Å². The zero-order chi connectivity index (χ0) is 14.8. The predicted octanol–water partition coefficient (Wildman–Crippen LogP) is 1.06. The third-order valence-corrected chi connectivity index (χ3v) is 4.40. The van der Waals surface area contributed by atoms with Gasteiger partial charge in [0.05, 0.1) is 13.7 Å². The van der Waals surface area contributed by atoms with Gasteiger partial charge in [-0.25, -0.2) is 18.1 Å². The van der Waals surface area contributed by atoms with Crippen molar-refractivity contribution in [2.45, 2.75) is 11.4 Å². The Morgan fingerprint density at radius 1 is 1.45 bits per heavy atom. The van der Waals surface area contributed by atoms with E-state index in [9.17, 15) is 8.42 Å². The highest BCUT2D eigenvalue weighted by Crippen LogP contribution is 2.27. The molecule has 1 aromatic carbocycles. The molecule has 0 aliphatic carbocycles. The zero-order valence-electron chi connectivity index (χ0n) is 10.9. The lowest BCUT2D eigenvalue weighted by atomic mass is 10.3. The lowest BCUT2D eigenvalue weighted by molar-refractivity contribution is 0.402. The first-order valence-electron chi connectivity index (χ1n) is 5.60. The van der Waals surface area contributed by atoms with Crippen LogP contribution in [0.25, 0.3) is 0 Å². The second kappa shape index (κ2) is 5.90. The first-order valence-corrected chi connectivity index (χ1v) is 7.88. The van der Waals surface area contributed by atoms with Gasteiger partial charge in [-0.05, 0) is 18.2 Å². The molecule has 1 aromatic heterocycles. The van der Waals surface area contributed by atoms with Crippen LogP contribution in [0.3, 0.4) is 0 Å². The number of hydrogen-bond donors (Lipinski definition) is 1. The third-order valence-electron chi connectivity index (χ3n) is 2.48. The van der Waals surface area contributed by atoms with Gasteiger partial charge in [0.1, 0.15) is 17.0 Å². The van der Waals surface area contributed by atoms with Crippen LogP contribution in [0.4, 0.5) is 0 Å². The number of ether oxygens (including phenoxy) is 1. The highest BCUT2D eigenvalue weighted by molar-refractivity contribution is 9.10. The molecule has 0 atom stereocenters. The molecule has 0 unspecified atom stereocenters. The average molecular weight is 361 g/mol. The fourth-order valence-corrected chi connectivity index (χ4v) is 3.25. The summed E-state index contributed by atoms with van der Waals surface area (Å²) in [5, 5.41) is 4.01. The quantitative estimate of drug-likeness (QED) is 0.861. The molecular formula is C11H13BrN4O3S. The number of aromatic nitrogens is 3. The van der Waals surface area contributed by atoms with E-state index in [0.29, 0.717) is 10.3 Å². The van der Waals surface area contributed by atoms with Crippen LogP contribution in [0.5, 0.6) is 5.75 Å². The van der Waals surface area contributed by atoms with Gasteiger partial charge in [-0.15, -0.1) is 0 Å². The Hall–Kier alpha value is -1.45. The number of hydrogen-bond acceptors (Lipinski definition) is 5. The highest BCUT2D eigenvalue weighted by atomic mass is 79.9. The maximum absolute atomic E-state index is 12.3. The van der Waals surface area contributed by atoms with E-state index in [-0.39, 0.29) is 17.2 Å². The SMILES string of the molecule is COc1ccc(Br)cc1S(=O)(=O)NCc1ncn(C)n1. The Bertz CT molecular complexity index is 714. The van der Waals surface area contributed by atoms with Crippen LogP contribution >= 0.6 is 15.9 Å². The molecule has 2 aromatic rings. The van der Waals surface area contributed by atoms with Gasteiger partial charge < -0.3 is 4.74 Å². The lowest BCUT2D eigenvalue weighted by Crippen LogP contribution is -2.24. The monoisotopic (exact) mass is 360 g/mol. The molecule has 20 heavy (non-hydrogen) atoms. The number of benzene rings is 1. The van der Waals surface area contributed by atoms with Crippen molar-refractivity contribution in [2.24, 2.45) is 7.05 Å². The number of rotatable bonds is 5. The zero-order valence-corrected chi connectivity index (χ0v) is 13.3. The summed E-state index contributed by atoms with van der Waals surface area (Å²) in [6, 6.07) is 4.77. The summed E-state index contributed by atoms with van der Waals surface area (Å²) in [4.78, 5) is 4.02. The molecule has 7 nitrogen and oxygen atoms in total. The summed E-state index contributed by atoms with van der Waals surface area (Å²) in [7, 11) is -0.579. The largest absolute Gasteiger partial charge is 0.495 e. The summed E-state index contributed by atoms with van der Waals surface area (Å²) in [6.07, 6.45) is 1.50. The van der Waals surface area contributed by atoms with E-state index < -0.39 is 10.0 Å². The van der Waals surface area contributed by atoms with Crippen molar-refractivity contribution in [1.82, 2.24) is 19.5 Å². The number of nitrogens with zero attached hydrogens (tertiary/aromatic N) is 3. The molecule has 9 heteroatoms. The molecule has 0 spiro atoms. The molecule has 2 rings (SSSR count). The number of sulfonamides is 1. The number of methoxy groups -OCH3 is 1. The van der Waals surface area contributed by atoms with E-state index in [2.05, 4.69) is 30.7 Å². The minimum atomic E-state index is -3.71. The van der Waals surface area contributed by atoms with Crippen LogP contribution in [-0.2, 0) is 23.6 Å². The molecular weight excluding hydrogens is 348 g/mol. The second-order valence-electron chi connectivity index (χ2n) is 3.95. The van der Waals surface area contributed by atoms with Crippen LogP contribution in [0.15, 0.2) is 33.9 Å². The lowest BCUT2D eigenvalue weighted by Gasteiger charge is -2.10. The van der Waals surface area contributed by atoms with Crippen LogP contribution in [0, 0.1) is 0 Å². The smallest absolute Gasteiger partial charge is 0.244 e. The topological polar surface area (TPSA) is 86.1 Å². The molecule has 0 fully saturated rings. The van der Waals surface area contributed by atoms with Crippen molar-refractivity contribution in [3.8, 4) is 5.75 Å². The van der Waals surface area contributed by atoms with Crippen LogP contribution in [0.1, 0.15) is 5.82 Å². The predicted molar refractivity (Wildman–Crippen MR) is 75.7 cm³/mol. The molecule has 0 aliphatic rings. The van der Waals surface area contributed by atoms with Crippen LogP contribution < -0.4 is 9.46 Å². The number of nitrogens with one attached hydrogen (secondary N) is 1. The maximum Gasteiger partial charge on any atom is 0.244 e. The fourth-order valence-electron chi connectivity index (χ4n) is 1.56. The summed E-state index contributed by atoms with van der Waals surface area (Å²) in [5.74, 6) is 0.666. The van der Waals surface area contributed by atoms with Crippen molar-refractivity contribution in [1.29, 1.82) is 0 Å². The first kappa shape index (κ1) is 14.9. The van der Waals surface area contributed by atoms with Gasteiger partial charge in [-0.2, -0.15) is 5.10 Å². The maximum atomic E-state index is 12.3. The van der Waals surface area contributed by atoms with Gasteiger partial charge >= 0.3 is 0 Å². The Morgan fingerprint density at radius 2 is 2.20 bits per heavy atom. The van der Waals surface area contributed by atoms with Gasteiger partial charge in [0, 0.05) is 11.5 Å². The fraction of sp³-hybridized carbons (Fsp3) is 0.273. The minimum absolute atomic E-state index is 0.0127. The van der Waals surface area contributed by atoms with E-state index in [1.54, 1.807) is 19.2 Å². The molecule has 108 valence electrons. The Labute approximate surface area is 125 Å². The van der Waals surface area contributed by atoms with Gasteiger partial charge in [-0.1, -0.05) is 15.9 Å². The van der Waals surface area contributed by atoms with Crippen LogP contribution in [-0.4, -0.2) is 30.3 Å². The highest BCUT2D eigenvalue weighted by Gasteiger charge is 2.20. The van der Waals surface area contributed by atoms with Gasteiger partial charge in [-0.3, -0.25) is 4.68 Å². The summed E-state index contributed by atoms with van der Waals surface area (Å²) in [6.45, 7) is 0.0127. The molecule has 0 amide bonds. The molecule has 0 bridgehead atoms. The van der Waals surface area contributed by atoms with Crippen molar-refractivity contribution >= 4 is 26.0 Å². The summed E-state index contributed by atoms with van der Waals surface area (Å²) < 4.78 is 34.2. The molecule has 1 N–H and O–H groups in total. The Balaban J connectivity index is 2.24. The van der Waals surface area contributed by atoms with E-state index in [0.717, 1.165) is 0 Å². The second-order valence-corrected chi connectivity index (χ2v) is 6.61. The molecule has 0 saturated heterocycles. The summed E-state index contributed by atoms with van der Waals surface area (Å²) in [5.41, 5.74) is 0. The normalized spacial score (nSPS) is 11.6. The van der Waals surface area contributed by atoms with E-state index in [4.69, 9.17) is 4.74 Å². The molecule has 0 saturated carbocycles. The number of halogens is 1. The minimum Gasteiger partial charge on any atom is -0.495 e. The van der Waals surface area contributed by atoms with Crippen molar-refractivity contribution in [3.63, 3.8) is 0 Å². The Morgan fingerprint density at radius 3 is 2.80 bits per heavy atom. The van der Waals surface area contributed by atoms with Crippen molar-refractivity contribution < 1.29 is 13.2 Å². The van der Waals surface area contributed by atoms with E-state index >= 15 is 0 Å². The molecule has 0 radical (unpaired) electrons. The third kappa shape index (κ3) is 3.35. The standard InChI is InChI=1S/C11H13BrN4O3S/c1-16-7-13-11(15-16)6-14-20(17,18)10-5-8(12)3-4-9(10)19-2/h3-5,7,14H,6H2,1-2H3. The van der Waals surface area contributed by atoms with E-state index in [1.807, 2.05) is 0 Å². The first-order chi connectivity index (χ1) is 9.42. The number of aryl methyl sites for hydroxylation is 1. The van der Waals surface area contributed by atoms with E-state index in [1.165, 1.54) is 24.2 Å². The molecule has 1 heterocycles. The van der Waals surface area contributed by atoms with Gasteiger partial charge in [0.15, 0.2) is 5.82 Å². The Kier molecular flexibility index (Phi) is 4.41. The average Bonchev–Trinajstić information content (AvgIpc) is 2.82. The van der Waals surface area contributed by atoms with Gasteiger partial charge in [0.2, 0.25) is 10.0 Å². The van der Waals surface area contributed by atoms with Crippen molar-refractivity contribution in [3.05, 3.63) is 34.8 Å². The molecule has 0 aliphatic heterocycles. The van der Waals surface area contributed by atoms with Gasteiger partial charge in [0.25, 0.3) is 0 Å². The van der Waals surface area contributed by atoms with Crippen LogP contribution in [0.2, 0.25) is 0 Å². The summed E-state index contributed by atoms with van der Waals surface area (Å²) >= 11 is 3.24.